The summed E-state index contributed by atoms with van der Waals surface area (Å²) in [7, 11) is 0. The number of carbonyl (C=O) groups is 1. The van der Waals surface area contributed by atoms with Crippen molar-refractivity contribution in [2.24, 2.45) is 0 Å². The summed E-state index contributed by atoms with van der Waals surface area (Å²) in [6.07, 6.45) is 1.61. The zero-order chi connectivity index (χ0) is 17.1. The molecule has 2 saturated heterocycles. The lowest BCUT2D eigenvalue weighted by Gasteiger charge is -2.37. The van der Waals surface area contributed by atoms with Crippen LogP contribution < -0.4 is 5.32 Å². The van der Waals surface area contributed by atoms with Crippen molar-refractivity contribution in [3.8, 4) is 0 Å². The average molecular weight is 347 g/mol. The molecule has 0 bridgehead atoms. The van der Waals surface area contributed by atoms with Crippen LogP contribution in [0.4, 0.5) is 5.69 Å². The SMILES string of the molecule is Cc1ccc(NC(=S)N2CCN(C(=O)C3CCCO3)CC2)c(C)c1. The molecule has 2 aliphatic heterocycles. The Hall–Kier alpha value is -1.66. The van der Waals surface area contributed by atoms with Crippen molar-refractivity contribution in [2.75, 3.05) is 38.1 Å². The van der Waals surface area contributed by atoms with Gasteiger partial charge in [0.05, 0.1) is 0 Å². The number of nitrogens with one attached hydrogen (secondary N) is 1. The normalized spacial score (nSPS) is 21.0. The second-order valence-electron chi connectivity index (χ2n) is 6.56. The van der Waals surface area contributed by atoms with Gasteiger partial charge in [-0.05, 0) is 50.5 Å². The molecule has 130 valence electrons. The lowest BCUT2D eigenvalue weighted by molar-refractivity contribution is -0.142. The number of hydrogen-bond acceptors (Lipinski definition) is 3. The van der Waals surface area contributed by atoms with E-state index >= 15 is 0 Å². The third-order valence-corrected chi connectivity index (χ3v) is 5.07. The van der Waals surface area contributed by atoms with Gasteiger partial charge in [-0.15, -0.1) is 0 Å². The van der Waals surface area contributed by atoms with Crippen LogP contribution in [0.1, 0.15) is 24.0 Å². The molecule has 6 heteroatoms. The fraction of sp³-hybridized carbons (Fsp3) is 0.556. The van der Waals surface area contributed by atoms with Crippen LogP contribution in [0.3, 0.4) is 0 Å². The summed E-state index contributed by atoms with van der Waals surface area (Å²) in [4.78, 5) is 16.4. The molecule has 2 fully saturated rings. The summed E-state index contributed by atoms with van der Waals surface area (Å²) in [6.45, 7) is 7.79. The number of benzene rings is 1. The number of piperazine rings is 1. The molecule has 5 nitrogen and oxygen atoms in total. The summed E-state index contributed by atoms with van der Waals surface area (Å²) >= 11 is 5.55. The maximum Gasteiger partial charge on any atom is 0.251 e. The lowest BCUT2D eigenvalue weighted by Crippen LogP contribution is -2.53. The van der Waals surface area contributed by atoms with Crippen molar-refractivity contribution >= 4 is 28.9 Å². The number of carbonyl (C=O) groups excluding carboxylic acids is 1. The Balaban J connectivity index is 1.52. The number of thiocarbonyl (C=S) groups is 1. The molecule has 3 rings (SSSR count). The van der Waals surface area contributed by atoms with Gasteiger partial charge in [-0.2, -0.15) is 0 Å². The number of hydrogen-bond donors (Lipinski definition) is 1. The van der Waals surface area contributed by atoms with Gasteiger partial charge in [-0.25, -0.2) is 0 Å². The number of amides is 1. The molecule has 0 radical (unpaired) electrons. The summed E-state index contributed by atoms with van der Waals surface area (Å²) < 4.78 is 5.50. The Labute approximate surface area is 149 Å². The van der Waals surface area contributed by atoms with Crippen LogP contribution in [0.2, 0.25) is 0 Å². The number of ether oxygens (including phenoxy) is 1. The first-order valence-electron chi connectivity index (χ1n) is 8.58. The minimum absolute atomic E-state index is 0.139. The summed E-state index contributed by atoms with van der Waals surface area (Å²) in [5, 5.41) is 4.06. The van der Waals surface area contributed by atoms with Crippen molar-refractivity contribution in [1.29, 1.82) is 0 Å². The monoisotopic (exact) mass is 347 g/mol. The standard InChI is InChI=1S/C18H25N3O2S/c1-13-5-6-15(14(2)12-13)19-18(24)21-9-7-20(8-10-21)17(22)16-4-3-11-23-16/h5-6,12,16H,3-4,7-11H2,1-2H3,(H,19,24). The Morgan fingerprint density at radius 2 is 1.92 bits per heavy atom. The molecule has 0 aromatic heterocycles. The first-order valence-corrected chi connectivity index (χ1v) is 8.99. The molecule has 2 heterocycles. The van der Waals surface area contributed by atoms with Crippen LogP contribution >= 0.6 is 12.2 Å². The third-order valence-electron chi connectivity index (χ3n) is 4.71. The highest BCUT2D eigenvalue weighted by atomic mass is 32.1. The first-order chi connectivity index (χ1) is 11.5. The molecule has 1 unspecified atom stereocenters. The van der Waals surface area contributed by atoms with E-state index in [2.05, 4.69) is 42.3 Å². The Bertz CT molecular complexity index is 621. The lowest BCUT2D eigenvalue weighted by atomic mass is 10.1. The fourth-order valence-corrected chi connectivity index (χ4v) is 3.55. The highest BCUT2D eigenvalue weighted by Gasteiger charge is 2.30. The second kappa shape index (κ2) is 7.49. The molecular formula is C18H25N3O2S. The smallest absolute Gasteiger partial charge is 0.251 e. The first kappa shape index (κ1) is 17.2. The summed E-state index contributed by atoms with van der Waals surface area (Å²) in [5.74, 6) is 0.139. The highest BCUT2D eigenvalue weighted by molar-refractivity contribution is 7.80. The van der Waals surface area contributed by atoms with Crippen LogP contribution in [0.15, 0.2) is 18.2 Å². The third kappa shape index (κ3) is 3.87. The van der Waals surface area contributed by atoms with E-state index < -0.39 is 0 Å². The van der Waals surface area contributed by atoms with Gasteiger partial charge in [-0.3, -0.25) is 4.79 Å². The van der Waals surface area contributed by atoms with E-state index in [4.69, 9.17) is 17.0 Å². The van der Waals surface area contributed by atoms with E-state index in [0.717, 1.165) is 36.7 Å². The van der Waals surface area contributed by atoms with E-state index in [1.807, 2.05) is 4.90 Å². The van der Waals surface area contributed by atoms with Crippen molar-refractivity contribution in [3.63, 3.8) is 0 Å². The van der Waals surface area contributed by atoms with E-state index in [1.165, 1.54) is 11.1 Å². The maximum absolute atomic E-state index is 12.4. The predicted molar refractivity (Wildman–Crippen MR) is 99.3 cm³/mol. The molecule has 1 aromatic carbocycles. The van der Waals surface area contributed by atoms with Crippen molar-refractivity contribution in [1.82, 2.24) is 9.80 Å². The molecule has 1 atom stereocenters. The van der Waals surface area contributed by atoms with Gasteiger partial charge in [0, 0.05) is 38.5 Å². The van der Waals surface area contributed by atoms with Crippen molar-refractivity contribution in [2.45, 2.75) is 32.8 Å². The van der Waals surface area contributed by atoms with Gasteiger partial charge in [0.25, 0.3) is 5.91 Å². The maximum atomic E-state index is 12.4. The van der Waals surface area contributed by atoms with Gasteiger partial charge >= 0.3 is 0 Å². The van der Waals surface area contributed by atoms with E-state index in [-0.39, 0.29) is 12.0 Å². The Kier molecular flexibility index (Phi) is 5.36. The number of anilines is 1. The van der Waals surface area contributed by atoms with Crippen molar-refractivity contribution in [3.05, 3.63) is 29.3 Å². The molecule has 1 N–H and O–H groups in total. The molecule has 24 heavy (non-hydrogen) atoms. The average Bonchev–Trinajstić information content (AvgIpc) is 3.11. The van der Waals surface area contributed by atoms with Crippen LogP contribution in [0.25, 0.3) is 0 Å². The minimum Gasteiger partial charge on any atom is -0.368 e. The molecule has 2 aliphatic rings. The molecular weight excluding hydrogens is 322 g/mol. The molecule has 0 spiro atoms. The van der Waals surface area contributed by atoms with Crippen molar-refractivity contribution < 1.29 is 9.53 Å². The largest absolute Gasteiger partial charge is 0.368 e. The second-order valence-corrected chi connectivity index (χ2v) is 6.95. The van der Waals surface area contributed by atoms with Gasteiger partial charge in [0.2, 0.25) is 0 Å². The topological polar surface area (TPSA) is 44.8 Å². The Morgan fingerprint density at radius 1 is 1.21 bits per heavy atom. The highest BCUT2D eigenvalue weighted by Crippen LogP contribution is 2.18. The van der Waals surface area contributed by atoms with Crippen LogP contribution in [0.5, 0.6) is 0 Å². The molecule has 1 amide bonds. The predicted octanol–water partition coefficient (Wildman–Crippen LogP) is 2.32. The van der Waals surface area contributed by atoms with Crippen LogP contribution in [0, 0.1) is 13.8 Å². The summed E-state index contributed by atoms with van der Waals surface area (Å²) in [5.41, 5.74) is 3.47. The zero-order valence-corrected chi connectivity index (χ0v) is 15.2. The van der Waals surface area contributed by atoms with Crippen LogP contribution in [-0.4, -0.2) is 59.7 Å². The number of rotatable bonds is 2. The van der Waals surface area contributed by atoms with Gasteiger partial charge < -0.3 is 19.9 Å². The molecule has 0 saturated carbocycles. The van der Waals surface area contributed by atoms with E-state index in [9.17, 15) is 4.79 Å². The van der Waals surface area contributed by atoms with Gasteiger partial charge in [-0.1, -0.05) is 17.7 Å². The number of nitrogens with zero attached hydrogens (tertiary/aromatic N) is 2. The fourth-order valence-electron chi connectivity index (χ4n) is 3.25. The van der Waals surface area contributed by atoms with Gasteiger partial charge in [0.1, 0.15) is 6.10 Å². The van der Waals surface area contributed by atoms with E-state index in [0.29, 0.717) is 19.7 Å². The quantitative estimate of drug-likeness (QED) is 0.832. The van der Waals surface area contributed by atoms with E-state index in [1.54, 1.807) is 0 Å². The zero-order valence-electron chi connectivity index (χ0n) is 14.4. The molecule has 1 aromatic rings. The Morgan fingerprint density at radius 3 is 2.54 bits per heavy atom. The molecule has 0 aliphatic carbocycles. The minimum atomic E-state index is -0.225. The number of aryl methyl sites for hydroxylation is 2. The van der Waals surface area contributed by atoms with Crippen LogP contribution in [-0.2, 0) is 9.53 Å². The summed E-state index contributed by atoms with van der Waals surface area (Å²) in [6, 6.07) is 6.29. The van der Waals surface area contributed by atoms with Gasteiger partial charge in [0.15, 0.2) is 5.11 Å².